The number of fused-ring (bicyclic) bond motifs is 1. The highest BCUT2D eigenvalue weighted by Gasteiger charge is 2.31. The Morgan fingerprint density at radius 2 is 1.96 bits per heavy atom. The number of carbonyl (C=O) groups excluding carboxylic acids is 2. The molecule has 1 N–H and O–H groups in total. The first-order valence-corrected chi connectivity index (χ1v) is 9.61. The number of rotatable bonds is 3. The molecule has 0 radical (unpaired) electrons. The maximum absolute atomic E-state index is 13.0. The summed E-state index contributed by atoms with van der Waals surface area (Å²) in [5.74, 6) is -0.219. The first kappa shape index (κ1) is 19.9. The lowest BCUT2D eigenvalue weighted by atomic mass is 10.0. The average Bonchev–Trinajstić information content (AvgIpc) is 2.95. The molecule has 0 saturated carbocycles. The number of para-hydroxylation sites is 1. The van der Waals surface area contributed by atoms with Crippen LogP contribution in [0, 0.1) is 0 Å². The van der Waals surface area contributed by atoms with Crippen molar-refractivity contribution in [2.24, 2.45) is 7.05 Å². The SMILES string of the molecule is CCc1ccccc1NC(=O)c1c2c(nn1C)CCN(C(=O)OC(C)(C)C)C2. The van der Waals surface area contributed by atoms with Crippen molar-refractivity contribution in [1.82, 2.24) is 14.7 Å². The first-order valence-electron chi connectivity index (χ1n) is 9.61. The van der Waals surface area contributed by atoms with E-state index >= 15 is 0 Å². The standard InChI is InChI=1S/C21H28N4O3/c1-6-14-9-7-8-10-16(14)22-19(26)18-15-13-25(20(27)28-21(2,3)4)12-11-17(15)23-24(18)5/h7-10H,6,11-13H2,1-5H3,(H,22,26). The second-order valence-corrected chi connectivity index (χ2v) is 8.01. The van der Waals surface area contributed by atoms with E-state index in [4.69, 9.17) is 4.74 Å². The van der Waals surface area contributed by atoms with Crippen molar-refractivity contribution in [1.29, 1.82) is 0 Å². The Morgan fingerprint density at radius 1 is 1.25 bits per heavy atom. The number of amides is 2. The quantitative estimate of drug-likeness (QED) is 0.878. The molecular formula is C21H28N4O3. The molecule has 2 aromatic rings. The van der Waals surface area contributed by atoms with Crippen molar-refractivity contribution in [2.45, 2.75) is 52.7 Å². The van der Waals surface area contributed by atoms with Gasteiger partial charge in [-0.15, -0.1) is 0 Å². The normalized spacial score (nSPS) is 13.8. The molecule has 0 bridgehead atoms. The zero-order valence-electron chi connectivity index (χ0n) is 17.2. The smallest absolute Gasteiger partial charge is 0.410 e. The molecule has 150 valence electrons. The molecule has 7 nitrogen and oxygen atoms in total. The van der Waals surface area contributed by atoms with E-state index in [9.17, 15) is 9.59 Å². The molecule has 2 amide bonds. The van der Waals surface area contributed by atoms with Crippen molar-refractivity contribution >= 4 is 17.7 Å². The van der Waals surface area contributed by atoms with Crippen molar-refractivity contribution in [2.75, 3.05) is 11.9 Å². The molecular weight excluding hydrogens is 356 g/mol. The van der Waals surface area contributed by atoms with Gasteiger partial charge in [-0.3, -0.25) is 9.48 Å². The Morgan fingerprint density at radius 3 is 2.64 bits per heavy atom. The Bertz CT molecular complexity index is 896. The van der Waals surface area contributed by atoms with Gasteiger partial charge in [-0.05, 0) is 38.8 Å². The average molecular weight is 384 g/mol. The molecule has 7 heteroatoms. The highest BCUT2D eigenvalue weighted by molar-refractivity contribution is 6.04. The fourth-order valence-electron chi connectivity index (χ4n) is 3.40. The second-order valence-electron chi connectivity index (χ2n) is 8.01. The van der Waals surface area contributed by atoms with E-state index in [0.29, 0.717) is 25.2 Å². The van der Waals surface area contributed by atoms with E-state index in [1.807, 2.05) is 45.0 Å². The summed E-state index contributed by atoms with van der Waals surface area (Å²) < 4.78 is 7.09. The highest BCUT2D eigenvalue weighted by Crippen LogP contribution is 2.25. The van der Waals surface area contributed by atoms with Gasteiger partial charge in [0.1, 0.15) is 11.3 Å². The number of aromatic nitrogens is 2. The lowest BCUT2D eigenvalue weighted by Crippen LogP contribution is -2.40. The van der Waals surface area contributed by atoms with Gasteiger partial charge in [0.05, 0.1) is 12.2 Å². The summed E-state index contributed by atoms with van der Waals surface area (Å²) in [6.45, 7) is 8.42. The molecule has 0 unspecified atom stereocenters. The van der Waals surface area contributed by atoms with Gasteiger partial charge < -0.3 is 15.0 Å². The van der Waals surface area contributed by atoms with Crippen LogP contribution in [0.15, 0.2) is 24.3 Å². The van der Waals surface area contributed by atoms with Crippen LogP contribution in [-0.2, 0) is 31.2 Å². The van der Waals surface area contributed by atoms with Gasteiger partial charge in [0.25, 0.3) is 5.91 Å². The predicted molar refractivity (Wildman–Crippen MR) is 107 cm³/mol. The number of aryl methyl sites for hydroxylation is 2. The van der Waals surface area contributed by atoms with Gasteiger partial charge in [0.2, 0.25) is 0 Å². The minimum atomic E-state index is -0.559. The summed E-state index contributed by atoms with van der Waals surface area (Å²) >= 11 is 0. The van der Waals surface area contributed by atoms with Crippen molar-refractivity contribution < 1.29 is 14.3 Å². The van der Waals surface area contributed by atoms with Gasteiger partial charge in [-0.25, -0.2) is 4.79 Å². The molecule has 0 atom stereocenters. The van der Waals surface area contributed by atoms with Crippen molar-refractivity contribution in [3.63, 3.8) is 0 Å². The van der Waals surface area contributed by atoms with Crippen LogP contribution in [0.1, 0.15) is 55.0 Å². The Balaban J connectivity index is 1.84. The number of nitrogens with zero attached hydrogens (tertiary/aromatic N) is 3. The number of hydrogen-bond donors (Lipinski definition) is 1. The van der Waals surface area contributed by atoms with E-state index < -0.39 is 5.60 Å². The van der Waals surface area contributed by atoms with Crippen LogP contribution in [0.4, 0.5) is 10.5 Å². The molecule has 0 aliphatic carbocycles. The number of anilines is 1. The van der Waals surface area contributed by atoms with Gasteiger partial charge in [0.15, 0.2) is 0 Å². The fraction of sp³-hybridized carbons (Fsp3) is 0.476. The third-order valence-electron chi connectivity index (χ3n) is 4.71. The zero-order chi connectivity index (χ0) is 20.5. The molecule has 2 heterocycles. The van der Waals surface area contributed by atoms with E-state index in [1.165, 1.54) is 0 Å². The van der Waals surface area contributed by atoms with Crippen LogP contribution in [0.25, 0.3) is 0 Å². The molecule has 1 aliphatic heterocycles. The lowest BCUT2D eigenvalue weighted by Gasteiger charge is -2.29. The maximum Gasteiger partial charge on any atom is 0.410 e. The molecule has 0 saturated heterocycles. The van der Waals surface area contributed by atoms with Crippen molar-refractivity contribution in [3.05, 3.63) is 46.8 Å². The van der Waals surface area contributed by atoms with Gasteiger partial charge in [-0.1, -0.05) is 25.1 Å². The van der Waals surface area contributed by atoms with Crippen LogP contribution in [0.2, 0.25) is 0 Å². The van der Waals surface area contributed by atoms with Gasteiger partial charge in [-0.2, -0.15) is 5.10 Å². The van der Waals surface area contributed by atoms with Crippen LogP contribution in [-0.4, -0.2) is 38.8 Å². The summed E-state index contributed by atoms with van der Waals surface area (Å²) in [5.41, 5.74) is 3.43. The molecule has 3 rings (SSSR count). The third-order valence-corrected chi connectivity index (χ3v) is 4.71. The van der Waals surface area contributed by atoms with E-state index in [1.54, 1.807) is 16.6 Å². The second kappa shape index (κ2) is 7.66. The third kappa shape index (κ3) is 4.18. The molecule has 0 fully saturated rings. The fourth-order valence-corrected chi connectivity index (χ4v) is 3.40. The number of nitrogens with one attached hydrogen (secondary N) is 1. The van der Waals surface area contributed by atoms with Gasteiger partial charge >= 0.3 is 6.09 Å². The summed E-state index contributed by atoms with van der Waals surface area (Å²) in [4.78, 5) is 27.1. The Hall–Kier alpha value is -2.83. The summed E-state index contributed by atoms with van der Waals surface area (Å²) in [7, 11) is 1.76. The minimum Gasteiger partial charge on any atom is -0.444 e. The molecule has 1 aromatic heterocycles. The highest BCUT2D eigenvalue weighted by atomic mass is 16.6. The van der Waals surface area contributed by atoms with Gasteiger partial charge in [0, 0.05) is 31.3 Å². The van der Waals surface area contributed by atoms with E-state index in [2.05, 4.69) is 17.3 Å². The molecule has 28 heavy (non-hydrogen) atoms. The Kier molecular flexibility index (Phi) is 5.45. The maximum atomic E-state index is 13.0. The van der Waals surface area contributed by atoms with Crippen LogP contribution >= 0.6 is 0 Å². The Labute approximate surface area is 165 Å². The van der Waals surface area contributed by atoms with E-state index in [-0.39, 0.29) is 12.0 Å². The minimum absolute atomic E-state index is 0.219. The number of hydrogen-bond acceptors (Lipinski definition) is 4. The predicted octanol–water partition coefficient (Wildman–Crippen LogP) is 3.53. The summed E-state index contributed by atoms with van der Waals surface area (Å²) in [5, 5.41) is 7.50. The molecule has 1 aliphatic rings. The van der Waals surface area contributed by atoms with Crippen LogP contribution in [0.3, 0.4) is 0 Å². The summed E-state index contributed by atoms with van der Waals surface area (Å²) in [6, 6.07) is 7.75. The number of carbonyl (C=O) groups is 2. The van der Waals surface area contributed by atoms with E-state index in [0.717, 1.165) is 28.9 Å². The molecule has 1 aromatic carbocycles. The largest absolute Gasteiger partial charge is 0.444 e. The van der Waals surface area contributed by atoms with Crippen LogP contribution < -0.4 is 5.32 Å². The number of benzene rings is 1. The monoisotopic (exact) mass is 384 g/mol. The lowest BCUT2D eigenvalue weighted by molar-refractivity contribution is 0.0222. The molecule has 0 spiro atoms. The summed E-state index contributed by atoms with van der Waals surface area (Å²) in [6.07, 6.45) is 1.05. The van der Waals surface area contributed by atoms with Crippen molar-refractivity contribution in [3.8, 4) is 0 Å². The zero-order valence-corrected chi connectivity index (χ0v) is 17.2. The number of ether oxygens (including phenoxy) is 1. The topological polar surface area (TPSA) is 76.5 Å². The van der Waals surface area contributed by atoms with Crippen LogP contribution in [0.5, 0.6) is 0 Å². The first-order chi connectivity index (χ1) is 13.2.